The van der Waals surface area contributed by atoms with E-state index in [1.807, 2.05) is 0 Å². The first-order valence-electron chi connectivity index (χ1n) is 9.23. The summed E-state index contributed by atoms with van der Waals surface area (Å²) in [5.74, 6) is -1.08. The second-order valence-corrected chi connectivity index (χ2v) is 7.92. The maximum Gasteiger partial charge on any atom is 1.00 e. The fourth-order valence-electron chi connectivity index (χ4n) is 2.56. The minimum absolute atomic E-state index is 0. The summed E-state index contributed by atoms with van der Waals surface area (Å²) in [5, 5.41) is 11.7. The van der Waals surface area contributed by atoms with Gasteiger partial charge in [-0.05, 0) is 6.42 Å². The first-order chi connectivity index (χ1) is 11.3. The van der Waals surface area contributed by atoms with Crippen LogP contribution < -0.4 is 34.9 Å². The van der Waals surface area contributed by atoms with E-state index in [0.29, 0.717) is 6.42 Å². The molecule has 2 N–H and O–H groups in total. The molecule has 144 valence electrons. The third-order valence-electron chi connectivity index (χ3n) is 3.94. The third-order valence-corrected chi connectivity index (χ3v) is 4.73. The Labute approximate surface area is 175 Å². The van der Waals surface area contributed by atoms with Gasteiger partial charge in [0.05, 0.1) is 22.0 Å². The van der Waals surface area contributed by atoms with Crippen LogP contribution in [0.15, 0.2) is 0 Å². The van der Waals surface area contributed by atoms with Crippen LogP contribution in [-0.2, 0) is 14.9 Å². The molecule has 8 heteroatoms. The van der Waals surface area contributed by atoms with Gasteiger partial charge < -0.3 is 15.0 Å². The molecule has 25 heavy (non-hydrogen) atoms. The van der Waals surface area contributed by atoms with Gasteiger partial charge in [0.2, 0.25) is 5.91 Å². The minimum atomic E-state index is -4.46. The Bertz CT molecular complexity index is 417. The number of aliphatic hydroxyl groups excluding tert-OH is 1. The van der Waals surface area contributed by atoms with Crippen molar-refractivity contribution in [3.05, 3.63) is 0 Å². The Balaban J connectivity index is 0. The van der Waals surface area contributed by atoms with Crippen molar-refractivity contribution in [2.45, 2.75) is 90.1 Å². The van der Waals surface area contributed by atoms with Crippen LogP contribution in [0.3, 0.4) is 0 Å². The third kappa shape index (κ3) is 22.3. The molecule has 0 rings (SSSR count). The van der Waals surface area contributed by atoms with E-state index >= 15 is 0 Å². The average molecular weight is 388 g/mol. The first-order valence-corrected chi connectivity index (χ1v) is 10.8. The summed E-state index contributed by atoms with van der Waals surface area (Å²) < 4.78 is 31.3. The van der Waals surface area contributed by atoms with Crippen LogP contribution in [0, 0.1) is 0 Å². The zero-order valence-corrected chi connectivity index (χ0v) is 18.8. The number of hydrogen-bond donors (Lipinski definition) is 2. The zero-order chi connectivity index (χ0) is 18.3. The Morgan fingerprint density at radius 1 is 0.960 bits per heavy atom. The number of nitrogens with one attached hydrogen (secondary N) is 1. The predicted octanol–water partition coefficient (Wildman–Crippen LogP) is -0.286. The smallest absolute Gasteiger partial charge is 0.748 e. The van der Waals surface area contributed by atoms with Gasteiger partial charge in [0.15, 0.2) is 0 Å². The van der Waals surface area contributed by atoms with Crippen LogP contribution in [-0.4, -0.2) is 42.4 Å². The molecule has 0 aromatic heterocycles. The molecule has 1 unspecified atom stereocenters. The van der Waals surface area contributed by atoms with Crippen LogP contribution in [0.5, 0.6) is 0 Å². The van der Waals surface area contributed by atoms with Gasteiger partial charge in [-0.15, -0.1) is 0 Å². The van der Waals surface area contributed by atoms with E-state index in [0.717, 1.165) is 19.3 Å². The molecule has 0 aliphatic heterocycles. The predicted molar refractivity (Wildman–Crippen MR) is 94.7 cm³/mol. The molecule has 0 bridgehead atoms. The Morgan fingerprint density at radius 2 is 1.40 bits per heavy atom. The quantitative estimate of drug-likeness (QED) is 0.215. The molecule has 0 heterocycles. The molecule has 0 aromatic carbocycles. The van der Waals surface area contributed by atoms with Crippen molar-refractivity contribution in [2.24, 2.45) is 0 Å². The second-order valence-electron chi connectivity index (χ2n) is 6.47. The van der Waals surface area contributed by atoms with Crippen molar-refractivity contribution >= 4 is 16.0 Å². The number of unbranched alkanes of at least 4 members (excludes halogenated alkanes) is 10. The number of carbonyl (C=O) groups excluding carboxylic acids is 1. The summed E-state index contributed by atoms with van der Waals surface area (Å²) in [5.41, 5.74) is 0. The summed E-state index contributed by atoms with van der Waals surface area (Å²) in [7, 11) is -4.46. The Morgan fingerprint density at radius 3 is 1.84 bits per heavy atom. The molecular formula is C17H34NNaO5S. The Kier molecular flexibility index (Phi) is 19.6. The van der Waals surface area contributed by atoms with Gasteiger partial charge in [-0.2, -0.15) is 0 Å². The van der Waals surface area contributed by atoms with E-state index < -0.39 is 22.0 Å². The van der Waals surface area contributed by atoms with Gasteiger partial charge >= 0.3 is 29.6 Å². The minimum Gasteiger partial charge on any atom is -0.748 e. The SMILES string of the molecule is CCCCCCCCCCCCCC(=O)NCC(O)CS(=O)(=O)[O-].[Na+]. The molecule has 0 aliphatic rings. The van der Waals surface area contributed by atoms with E-state index in [1.165, 1.54) is 51.4 Å². The van der Waals surface area contributed by atoms with Gasteiger partial charge in [-0.25, -0.2) is 8.42 Å². The summed E-state index contributed by atoms with van der Waals surface area (Å²) in [6, 6.07) is 0. The van der Waals surface area contributed by atoms with E-state index in [2.05, 4.69) is 12.2 Å². The van der Waals surface area contributed by atoms with Crippen molar-refractivity contribution in [1.82, 2.24) is 5.32 Å². The molecule has 1 atom stereocenters. The van der Waals surface area contributed by atoms with Crippen LogP contribution in [0.1, 0.15) is 84.0 Å². The van der Waals surface area contributed by atoms with Crippen LogP contribution in [0.4, 0.5) is 0 Å². The molecular weight excluding hydrogens is 353 g/mol. The zero-order valence-electron chi connectivity index (χ0n) is 16.0. The van der Waals surface area contributed by atoms with Crippen molar-refractivity contribution in [3.8, 4) is 0 Å². The van der Waals surface area contributed by atoms with E-state index in [9.17, 15) is 22.9 Å². The number of rotatable bonds is 16. The summed E-state index contributed by atoms with van der Waals surface area (Å²) in [6.07, 6.45) is 12.3. The Hall–Kier alpha value is 0.340. The molecule has 0 fully saturated rings. The second kappa shape index (κ2) is 17.7. The fourth-order valence-corrected chi connectivity index (χ4v) is 3.15. The fraction of sp³-hybridized carbons (Fsp3) is 0.941. The van der Waals surface area contributed by atoms with E-state index in [-0.39, 0.29) is 42.0 Å². The maximum absolute atomic E-state index is 11.5. The topological polar surface area (TPSA) is 107 Å². The van der Waals surface area contributed by atoms with Crippen molar-refractivity contribution in [3.63, 3.8) is 0 Å². The largest absolute Gasteiger partial charge is 1.00 e. The van der Waals surface area contributed by atoms with Crippen LogP contribution in [0.25, 0.3) is 0 Å². The van der Waals surface area contributed by atoms with Gasteiger partial charge in [-0.3, -0.25) is 4.79 Å². The van der Waals surface area contributed by atoms with Crippen LogP contribution in [0.2, 0.25) is 0 Å². The molecule has 0 aliphatic carbocycles. The van der Waals surface area contributed by atoms with E-state index in [4.69, 9.17) is 0 Å². The molecule has 1 amide bonds. The van der Waals surface area contributed by atoms with Gasteiger partial charge in [0.25, 0.3) is 0 Å². The van der Waals surface area contributed by atoms with E-state index in [1.54, 1.807) is 0 Å². The summed E-state index contributed by atoms with van der Waals surface area (Å²) >= 11 is 0. The molecule has 0 saturated heterocycles. The summed E-state index contributed by atoms with van der Waals surface area (Å²) in [6.45, 7) is 2.03. The maximum atomic E-state index is 11.5. The number of aliphatic hydroxyl groups is 1. The molecule has 0 aromatic rings. The molecule has 0 spiro atoms. The standard InChI is InChI=1S/C17H35NO5S.Na/c1-2-3-4-5-6-7-8-9-10-11-12-13-17(20)18-14-16(19)15-24(21,22)23;/h16,19H,2-15H2,1H3,(H,18,20)(H,21,22,23);/q;+1/p-1. The normalized spacial score (nSPS) is 12.4. The first kappa shape index (κ1) is 27.6. The molecule has 6 nitrogen and oxygen atoms in total. The number of amides is 1. The average Bonchev–Trinajstić information content (AvgIpc) is 2.49. The summed E-state index contributed by atoms with van der Waals surface area (Å²) in [4.78, 5) is 11.5. The van der Waals surface area contributed by atoms with Crippen molar-refractivity contribution in [1.29, 1.82) is 0 Å². The van der Waals surface area contributed by atoms with Crippen LogP contribution >= 0.6 is 0 Å². The molecule has 0 saturated carbocycles. The number of carbonyl (C=O) groups is 1. The number of hydrogen-bond acceptors (Lipinski definition) is 5. The van der Waals surface area contributed by atoms with Crippen molar-refractivity contribution < 1.29 is 52.4 Å². The monoisotopic (exact) mass is 387 g/mol. The van der Waals surface area contributed by atoms with Gasteiger partial charge in [0.1, 0.15) is 0 Å². The van der Waals surface area contributed by atoms with Crippen molar-refractivity contribution in [2.75, 3.05) is 12.3 Å². The van der Waals surface area contributed by atoms with Gasteiger partial charge in [-0.1, -0.05) is 71.1 Å². The van der Waals surface area contributed by atoms with Gasteiger partial charge in [0, 0.05) is 13.0 Å². The molecule has 0 radical (unpaired) electrons.